The topological polar surface area (TPSA) is 78.1 Å². The fraction of sp³-hybridized carbons (Fsp3) is 0.308. The van der Waals surface area contributed by atoms with Crippen LogP contribution in [0.3, 0.4) is 0 Å². The number of aliphatic hydroxyl groups is 1. The molecule has 1 aromatic carbocycles. The molecule has 7 heteroatoms. The van der Waals surface area contributed by atoms with Gasteiger partial charge in [-0.1, -0.05) is 0 Å². The molecule has 1 N–H and O–H groups in total. The third kappa shape index (κ3) is 3.92. The summed E-state index contributed by atoms with van der Waals surface area (Å²) in [7, 11) is 0. The quantitative estimate of drug-likeness (QED) is 0.351. The minimum absolute atomic E-state index is 0.0183. The number of rotatable bonds is 6. The number of hydrogen-bond acceptors (Lipinski definition) is 6. The first-order valence-electron chi connectivity index (χ1n) is 5.85. The predicted octanol–water partition coefficient (Wildman–Crippen LogP) is 2.14. The average molecular weight is 392 g/mol. The molecule has 108 valence electrons. The highest BCUT2D eigenvalue weighted by molar-refractivity contribution is 14.1. The van der Waals surface area contributed by atoms with Crippen LogP contribution >= 0.6 is 23.0 Å². The van der Waals surface area contributed by atoms with Crippen LogP contribution < -0.4 is 10.4 Å². The van der Waals surface area contributed by atoms with E-state index in [1.807, 2.05) is 6.92 Å². The number of hydrogen-bond donors (Lipinski definition) is 1. The molecule has 0 unspecified atom stereocenters. The van der Waals surface area contributed by atoms with Crippen molar-refractivity contribution in [2.75, 3.05) is 13.2 Å². The van der Waals surface area contributed by atoms with Gasteiger partial charge in [-0.25, -0.2) is 9.68 Å². The van der Waals surface area contributed by atoms with Crippen LogP contribution in [0.2, 0.25) is 0 Å². The first-order chi connectivity index (χ1) is 9.60. The van der Waals surface area contributed by atoms with Gasteiger partial charge in [0.1, 0.15) is 30.7 Å². The van der Waals surface area contributed by atoms with E-state index in [2.05, 4.69) is 8.10 Å². The maximum atomic E-state index is 11.2. The van der Waals surface area contributed by atoms with E-state index in [1.54, 1.807) is 41.2 Å². The predicted molar refractivity (Wildman–Crippen MR) is 79.8 cm³/mol. The molecular weight excluding hydrogens is 379 g/mol. The first kappa shape index (κ1) is 15.2. The Balaban J connectivity index is 2.10. The number of ether oxygens (including phenoxy) is 1. The second-order valence-corrected chi connectivity index (χ2v) is 4.58. The van der Waals surface area contributed by atoms with Gasteiger partial charge in [-0.2, -0.15) is 3.22 Å². The lowest BCUT2D eigenvalue weighted by molar-refractivity contribution is -0.189. The summed E-state index contributed by atoms with van der Waals surface area (Å²) < 4.78 is 14.9. The Kier molecular flexibility index (Phi) is 5.35. The lowest BCUT2D eigenvalue weighted by Crippen LogP contribution is -2.22. The van der Waals surface area contributed by atoms with Crippen molar-refractivity contribution in [3.63, 3.8) is 0 Å². The van der Waals surface area contributed by atoms with Crippen LogP contribution in [0.25, 0.3) is 11.0 Å². The highest BCUT2D eigenvalue weighted by atomic mass is 127. The molecule has 20 heavy (non-hydrogen) atoms. The van der Waals surface area contributed by atoms with Gasteiger partial charge in [0, 0.05) is 11.5 Å². The van der Waals surface area contributed by atoms with Gasteiger partial charge in [-0.15, -0.1) is 0 Å². The van der Waals surface area contributed by atoms with Gasteiger partial charge in [0.15, 0.2) is 23.0 Å². The molecule has 0 radical (unpaired) electrons. The molecular formula is C13H13IO6. The lowest BCUT2D eigenvalue weighted by atomic mass is 10.1. The van der Waals surface area contributed by atoms with E-state index < -0.39 is 6.10 Å². The standard InChI is InChI=1S/C13H13IO6/c1-8-4-13(16)19-12-3-2-10(5-11(8)12)17-6-9(15)7-18-20-14/h2-5,9,15H,6-7H2,1H3/t9-/m0/s1. The SMILES string of the molecule is Cc1cc(=O)oc2ccc(OC[C@H](O)COOI)cc12. The maximum Gasteiger partial charge on any atom is 0.336 e. The molecule has 0 aliphatic carbocycles. The number of fused-ring (bicyclic) bond motifs is 1. The highest BCUT2D eigenvalue weighted by Crippen LogP contribution is 2.22. The van der Waals surface area contributed by atoms with Crippen molar-refractivity contribution in [3.05, 3.63) is 40.2 Å². The summed E-state index contributed by atoms with van der Waals surface area (Å²) in [6, 6.07) is 6.52. The van der Waals surface area contributed by atoms with Gasteiger partial charge in [-0.05, 0) is 30.7 Å². The molecule has 0 fully saturated rings. The second kappa shape index (κ2) is 7.02. The summed E-state index contributed by atoms with van der Waals surface area (Å²) in [6.07, 6.45) is -0.796. The van der Waals surface area contributed by atoms with E-state index in [4.69, 9.17) is 9.15 Å². The van der Waals surface area contributed by atoms with Crippen molar-refractivity contribution in [1.82, 2.24) is 0 Å². The Morgan fingerprint density at radius 3 is 2.90 bits per heavy atom. The van der Waals surface area contributed by atoms with Crippen molar-refractivity contribution in [3.8, 4) is 5.75 Å². The maximum absolute atomic E-state index is 11.2. The van der Waals surface area contributed by atoms with Crippen LogP contribution in [0.5, 0.6) is 5.75 Å². The summed E-state index contributed by atoms with van der Waals surface area (Å²) >= 11 is 1.57. The van der Waals surface area contributed by atoms with E-state index in [-0.39, 0.29) is 18.8 Å². The molecule has 2 rings (SSSR count). The molecule has 1 aromatic heterocycles. The highest BCUT2D eigenvalue weighted by Gasteiger charge is 2.08. The smallest absolute Gasteiger partial charge is 0.336 e. The second-order valence-electron chi connectivity index (χ2n) is 4.22. The van der Waals surface area contributed by atoms with Crippen molar-refractivity contribution in [2.45, 2.75) is 13.0 Å². The van der Waals surface area contributed by atoms with Crippen LogP contribution in [0.4, 0.5) is 0 Å². The van der Waals surface area contributed by atoms with Crippen molar-refractivity contribution in [1.29, 1.82) is 0 Å². The van der Waals surface area contributed by atoms with E-state index >= 15 is 0 Å². The zero-order valence-corrected chi connectivity index (χ0v) is 12.8. The van der Waals surface area contributed by atoms with Gasteiger partial charge in [0.25, 0.3) is 0 Å². The fourth-order valence-corrected chi connectivity index (χ4v) is 1.88. The Morgan fingerprint density at radius 2 is 2.15 bits per heavy atom. The molecule has 0 saturated heterocycles. The fourth-order valence-electron chi connectivity index (χ4n) is 1.73. The Labute approximate surface area is 128 Å². The monoisotopic (exact) mass is 392 g/mol. The van der Waals surface area contributed by atoms with Gasteiger partial charge < -0.3 is 14.3 Å². The normalized spacial score (nSPS) is 12.6. The van der Waals surface area contributed by atoms with Gasteiger partial charge >= 0.3 is 5.63 Å². The van der Waals surface area contributed by atoms with E-state index in [0.29, 0.717) is 11.3 Å². The first-order valence-corrected chi connectivity index (χ1v) is 6.74. The molecule has 1 atom stereocenters. The molecule has 2 aromatic rings. The van der Waals surface area contributed by atoms with Gasteiger partial charge in [-0.3, -0.25) is 0 Å². The molecule has 0 amide bonds. The molecule has 0 bridgehead atoms. The van der Waals surface area contributed by atoms with E-state index in [9.17, 15) is 9.90 Å². The summed E-state index contributed by atoms with van der Waals surface area (Å²) in [5.41, 5.74) is 0.934. The molecule has 0 saturated carbocycles. The lowest BCUT2D eigenvalue weighted by Gasteiger charge is -2.11. The van der Waals surface area contributed by atoms with Crippen LogP contribution in [0.1, 0.15) is 5.56 Å². The van der Waals surface area contributed by atoms with Crippen molar-refractivity contribution in [2.24, 2.45) is 0 Å². The van der Waals surface area contributed by atoms with Crippen molar-refractivity contribution >= 4 is 34.0 Å². The molecule has 6 nitrogen and oxygen atoms in total. The third-order valence-electron chi connectivity index (χ3n) is 2.67. The molecule has 0 aliphatic rings. The van der Waals surface area contributed by atoms with Crippen LogP contribution in [0, 0.1) is 6.92 Å². The minimum atomic E-state index is -0.796. The Hall–Kier alpha value is -1.16. The summed E-state index contributed by atoms with van der Waals surface area (Å²) in [4.78, 5) is 15.8. The summed E-state index contributed by atoms with van der Waals surface area (Å²) in [6.45, 7) is 1.91. The zero-order valence-electron chi connectivity index (χ0n) is 10.7. The summed E-state index contributed by atoms with van der Waals surface area (Å²) in [5, 5.41) is 10.3. The summed E-state index contributed by atoms with van der Waals surface area (Å²) in [5.74, 6) is 0.573. The van der Waals surface area contributed by atoms with E-state index in [0.717, 1.165) is 10.9 Å². The number of aliphatic hydroxyl groups excluding tert-OH is 1. The molecule has 0 aliphatic heterocycles. The molecule has 1 heterocycles. The van der Waals surface area contributed by atoms with Crippen LogP contribution in [0.15, 0.2) is 33.5 Å². The third-order valence-corrected chi connectivity index (χ3v) is 2.92. The van der Waals surface area contributed by atoms with Gasteiger partial charge in [0.05, 0.1) is 0 Å². The Bertz CT molecular complexity index is 638. The van der Waals surface area contributed by atoms with E-state index in [1.165, 1.54) is 6.07 Å². The average Bonchev–Trinajstić information content (AvgIpc) is 2.43. The largest absolute Gasteiger partial charge is 0.491 e. The molecule has 0 spiro atoms. The minimum Gasteiger partial charge on any atom is -0.491 e. The van der Waals surface area contributed by atoms with Crippen LogP contribution in [-0.4, -0.2) is 24.4 Å². The Morgan fingerprint density at radius 1 is 1.35 bits per heavy atom. The number of benzene rings is 1. The van der Waals surface area contributed by atoms with Crippen LogP contribution in [-0.2, 0) is 8.10 Å². The zero-order chi connectivity index (χ0) is 14.5. The number of halogens is 1. The van der Waals surface area contributed by atoms with Crippen molar-refractivity contribution < 1.29 is 22.4 Å². The number of aryl methyl sites for hydroxylation is 1. The van der Waals surface area contributed by atoms with Gasteiger partial charge in [0.2, 0.25) is 0 Å².